The standard InChI is InChI=1S/C25H33N3O4/c1-25(2,15-26)16-28(24(30)19-10-11-21(31-3)22(13-19)32-4)14-17-6-5-7-20(12-17)27-23(29)18-8-9-18/h5-7,10-13,18H,8-9,14-16,26H2,1-4H3,(H,27,29). The van der Waals surface area contributed by atoms with Crippen molar-refractivity contribution in [2.45, 2.75) is 33.2 Å². The van der Waals surface area contributed by atoms with Crippen LogP contribution < -0.4 is 20.5 Å². The first kappa shape index (κ1) is 23.6. The van der Waals surface area contributed by atoms with Gasteiger partial charge in [0.05, 0.1) is 14.2 Å². The van der Waals surface area contributed by atoms with Gasteiger partial charge < -0.3 is 25.4 Å². The molecule has 3 rings (SSSR count). The Bertz CT molecular complexity index is 969. The van der Waals surface area contributed by atoms with E-state index >= 15 is 0 Å². The van der Waals surface area contributed by atoms with Crippen molar-refractivity contribution in [3.63, 3.8) is 0 Å². The molecule has 7 heteroatoms. The second kappa shape index (κ2) is 10.0. The number of methoxy groups -OCH3 is 2. The summed E-state index contributed by atoms with van der Waals surface area (Å²) in [5.74, 6) is 1.13. The van der Waals surface area contributed by atoms with Crippen molar-refractivity contribution < 1.29 is 19.1 Å². The van der Waals surface area contributed by atoms with Gasteiger partial charge in [0, 0.05) is 30.3 Å². The van der Waals surface area contributed by atoms with Crippen molar-refractivity contribution >= 4 is 17.5 Å². The molecule has 1 aliphatic carbocycles. The average Bonchev–Trinajstić information content (AvgIpc) is 3.63. The van der Waals surface area contributed by atoms with E-state index in [1.165, 1.54) is 0 Å². The molecule has 0 atom stereocenters. The monoisotopic (exact) mass is 439 g/mol. The normalized spacial score (nSPS) is 13.4. The predicted molar refractivity (Wildman–Crippen MR) is 125 cm³/mol. The number of rotatable bonds is 10. The number of anilines is 1. The Morgan fingerprint density at radius 3 is 2.44 bits per heavy atom. The lowest BCUT2D eigenvalue weighted by Crippen LogP contribution is -2.41. The minimum absolute atomic E-state index is 0.0599. The first-order chi connectivity index (χ1) is 15.3. The lowest BCUT2D eigenvalue weighted by molar-refractivity contribution is -0.117. The van der Waals surface area contributed by atoms with Crippen LogP contribution in [0.5, 0.6) is 11.5 Å². The third-order valence-electron chi connectivity index (χ3n) is 5.61. The zero-order chi connectivity index (χ0) is 23.3. The Kier molecular flexibility index (Phi) is 7.40. The summed E-state index contributed by atoms with van der Waals surface area (Å²) in [6.07, 6.45) is 1.90. The van der Waals surface area contributed by atoms with Crippen LogP contribution in [0, 0.1) is 11.3 Å². The molecular formula is C25H33N3O4. The molecule has 1 aliphatic rings. The van der Waals surface area contributed by atoms with Crippen LogP contribution in [0.25, 0.3) is 0 Å². The summed E-state index contributed by atoms with van der Waals surface area (Å²) in [6.45, 7) is 5.39. The van der Waals surface area contributed by atoms with Gasteiger partial charge >= 0.3 is 0 Å². The molecule has 0 bridgehead atoms. The summed E-state index contributed by atoms with van der Waals surface area (Å²) >= 11 is 0. The van der Waals surface area contributed by atoms with Crippen LogP contribution in [0.3, 0.4) is 0 Å². The molecule has 1 saturated carbocycles. The van der Waals surface area contributed by atoms with Crippen molar-refractivity contribution in [1.29, 1.82) is 0 Å². The number of ether oxygens (including phenoxy) is 2. The van der Waals surface area contributed by atoms with Gasteiger partial charge in [0.25, 0.3) is 5.91 Å². The third-order valence-corrected chi connectivity index (χ3v) is 5.61. The Morgan fingerprint density at radius 2 is 1.81 bits per heavy atom. The summed E-state index contributed by atoms with van der Waals surface area (Å²) < 4.78 is 10.7. The Balaban J connectivity index is 1.84. The van der Waals surface area contributed by atoms with Crippen LogP contribution in [-0.2, 0) is 11.3 Å². The Morgan fingerprint density at radius 1 is 1.09 bits per heavy atom. The van der Waals surface area contributed by atoms with Gasteiger partial charge in [-0.1, -0.05) is 26.0 Å². The minimum atomic E-state index is -0.260. The molecule has 0 saturated heterocycles. The number of carbonyl (C=O) groups excluding carboxylic acids is 2. The lowest BCUT2D eigenvalue weighted by atomic mass is 9.92. The summed E-state index contributed by atoms with van der Waals surface area (Å²) in [7, 11) is 3.10. The number of nitrogens with one attached hydrogen (secondary N) is 1. The fourth-order valence-electron chi connectivity index (χ4n) is 3.49. The van der Waals surface area contributed by atoms with Gasteiger partial charge in [0.2, 0.25) is 5.91 Å². The number of nitrogens with zero attached hydrogens (tertiary/aromatic N) is 1. The number of hydrogen-bond donors (Lipinski definition) is 2. The van der Waals surface area contributed by atoms with Crippen LogP contribution in [0.2, 0.25) is 0 Å². The van der Waals surface area contributed by atoms with Gasteiger partial charge in [-0.05, 0) is 60.7 Å². The second-order valence-corrected chi connectivity index (χ2v) is 9.06. The molecular weight excluding hydrogens is 406 g/mol. The van der Waals surface area contributed by atoms with E-state index in [0.29, 0.717) is 36.7 Å². The molecule has 2 aromatic carbocycles. The maximum absolute atomic E-state index is 13.5. The van der Waals surface area contributed by atoms with Crippen molar-refractivity contribution in [3.8, 4) is 11.5 Å². The van der Waals surface area contributed by atoms with E-state index in [4.69, 9.17) is 15.2 Å². The summed E-state index contributed by atoms with van der Waals surface area (Å²) in [5, 5.41) is 2.97. The number of carbonyl (C=O) groups is 2. The van der Waals surface area contributed by atoms with E-state index in [2.05, 4.69) is 5.32 Å². The van der Waals surface area contributed by atoms with Crippen LogP contribution in [-0.4, -0.2) is 44.0 Å². The van der Waals surface area contributed by atoms with Crippen molar-refractivity contribution in [2.24, 2.45) is 17.1 Å². The number of hydrogen-bond acceptors (Lipinski definition) is 5. The van der Waals surface area contributed by atoms with Crippen LogP contribution in [0.1, 0.15) is 42.6 Å². The summed E-state index contributed by atoms with van der Waals surface area (Å²) in [4.78, 5) is 27.4. The molecule has 0 heterocycles. The highest BCUT2D eigenvalue weighted by Crippen LogP contribution is 2.31. The van der Waals surface area contributed by atoms with Gasteiger partial charge in [-0.3, -0.25) is 9.59 Å². The third kappa shape index (κ3) is 6.01. The first-order valence-electron chi connectivity index (χ1n) is 10.9. The number of nitrogens with two attached hydrogens (primary N) is 1. The molecule has 0 radical (unpaired) electrons. The second-order valence-electron chi connectivity index (χ2n) is 9.06. The topological polar surface area (TPSA) is 93.9 Å². The van der Waals surface area contributed by atoms with Crippen LogP contribution >= 0.6 is 0 Å². The molecule has 1 fully saturated rings. The largest absolute Gasteiger partial charge is 0.493 e. The quantitative estimate of drug-likeness (QED) is 0.589. The highest BCUT2D eigenvalue weighted by Gasteiger charge is 2.30. The molecule has 2 aromatic rings. The van der Waals surface area contributed by atoms with Crippen molar-refractivity contribution in [2.75, 3.05) is 32.6 Å². The molecule has 2 amide bonds. The fourth-order valence-corrected chi connectivity index (χ4v) is 3.49. The SMILES string of the molecule is COc1ccc(C(=O)N(Cc2cccc(NC(=O)C3CC3)c2)CC(C)(C)CN)cc1OC. The van der Waals surface area contributed by atoms with Gasteiger partial charge in [0.15, 0.2) is 11.5 Å². The van der Waals surface area contributed by atoms with E-state index in [-0.39, 0.29) is 23.1 Å². The molecule has 0 aliphatic heterocycles. The molecule has 0 unspecified atom stereocenters. The first-order valence-corrected chi connectivity index (χ1v) is 10.9. The zero-order valence-electron chi connectivity index (χ0n) is 19.3. The summed E-state index contributed by atoms with van der Waals surface area (Å²) in [5.41, 5.74) is 7.89. The number of benzene rings is 2. The van der Waals surface area contributed by atoms with Crippen molar-refractivity contribution in [3.05, 3.63) is 53.6 Å². The van der Waals surface area contributed by atoms with Crippen LogP contribution in [0.15, 0.2) is 42.5 Å². The molecule has 32 heavy (non-hydrogen) atoms. The van der Waals surface area contributed by atoms with E-state index in [1.54, 1.807) is 37.3 Å². The van der Waals surface area contributed by atoms with Crippen molar-refractivity contribution in [1.82, 2.24) is 4.90 Å². The van der Waals surface area contributed by atoms with Crippen LogP contribution in [0.4, 0.5) is 5.69 Å². The molecule has 0 spiro atoms. The van der Waals surface area contributed by atoms with Gasteiger partial charge in [-0.15, -0.1) is 0 Å². The maximum atomic E-state index is 13.5. The smallest absolute Gasteiger partial charge is 0.254 e. The molecule has 0 aromatic heterocycles. The molecule has 7 nitrogen and oxygen atoms in total. The Hall–Kier alpha value is -3.06. The fraction of sp³-hybridized carbons (Fsp3) is 0.440. The lowest BCUT2D eigenvalue weighted by Gasteiger charge is -2.32. The molecule has 172 valence electrons. The van der Waals surface area contributed by atoms with E-state index in [0.717, 1.165) is 24.1 Å². The zero-order valence-corrected chi connectivity index (χ0v) is 19.3. The van der Waals surface area contributed by atoms with Gasteiger partial charge in [-0.2, -0.15) is 0 Å². The Labute approximate surface area is 189 Å². The minimum Gasteiger partial charge on any atom is -0.493 e. The average molecular weight is 440 g/mol. The highest BCUT2D eigenvalue weighted by atomic mass is 16.5. The maximum Gasteiger partial charge on any atom is 0.254 e. The van der Waals surface area contributed by atoms with Gasteiger partial charge in [0.1, 0.15) is 0 Å². The van der Waals surface area contributed by atoms with E-state index in [1.807, 2.05) is 38.1 Å². The highest BCUT2D eigenvalue weighted by molar-refractivity contribution is 5.95. The van der Waals surface area contributed by atoms with E-state index in [9.17, 15) is 9.59 Å². The molecule has 3 N–H and O–H groups in total. The summed E-state index contributed by atoms with van der Waals surface area (Å²) in [6, 6.07) is 12.8. The van der Waals surface area contributed by atoms with Gasteiger partial charge in [-0.25, -0.2) is 0 Å². The predicted octanol–water partition coefficient (Wildman–Crippen LogP) is 3.68. The number of amides is 2. The van der Waals surface area contributed by atoms with E-state index < -0.39 is 0 Å².